The van der Waals surface area contributed by atoms with Crippen LogP contribution in [-0.4, -0.2) is 19.3 Å². The highest BCUT2D eigenvalue weighted by Gasteiger charge is 2.07. The molecule has 0 unspecified atom stereocenters. The summed E-state index contributed by atoms with van der Waals surface area (Å²) in [5.41, 5.74) is 2.33. The molecule has 0 aliphatic carbocycles. The van der Waals surface area contributed by atoms with Gasteiger partial charge in [-0.15, -0.1) is 0 Å². The van der Waals surface area contributed by atoms with Crippen molar-refractivity contribution >= 4 is 0 Å². The number of aryl methyl sites for hydroxylation is 3. The van der Waals surface area contributed by atoms with E-state index in [0.29, 0.717) is 0 Å². The number of imidazole rings is 1. The molecule has 2 rings (SSSR count). The molecule has 0 fully saturated rings. The minimum absolute atomic E-state index is 0.865. The molecule has 2 heterocycles. The Bertz CT molecular complexity index is 481. The van der Waals surface area contributed by atoms with Crippen LogP contribution in [0.5, 0.6) is 0 Å². The van der Waals surface area contributed by atoms with E-state index in [-0.39, 0.29) is 0 Å². The molecule has 0 aromatic carbocycles. The van der Waals surface area contributed by atoms with Gasteiger partial charge in [-0.2, -0.15) is 5.10 Å². The van der Waals surface area contributed by atoms with Gasteiger partial charge in [0.15, 0.2) is 0 Å². The summed E-state index contributed by atoms with van der Waals surface area (Å²) in [7, 11) is 0. The summed E-state index contributed by atoms with van der Waals surface area (Å²) >= 11 is 0. The highest BCUT2D eigenvalue weighted by molar-refractivity contribution is 5.10. The minimum Gasteiger partial charge on any atom is -0.329 e. The molecule has 0 atom stereocenters. The predicted molar refractivity (Wildman–Crippen MR) is 68.0 cm³/mol. The highest BCUT2D eigenvalue weighted by atomic mass is 15.3. The molecular formula is C13H20N4. The molecule has 0 aliphatic heterocycles. The van der Waals surface area contributed by atoms with Crippen molar-refractivity contribution in [3.63, 3.8) is 0 Å². The van der Waals surface area contributed by atoms with Crippen LogP contribution in [0, 0.1) is 6.92 Å². The summed E-state index contributed by atoms with van der Waals surface area (Å²) in [5, 5.41) is 4.47. The van der Waals surface area contributed by atoms with Crippen molar-refractivity contribution in [2.24, 2.45) is 0 Å². The second-order valence-corrected chi connectivity index (χ2v) is 4.31. The number of nitrogens with zero attached hydrogens (tertiary/aromatic N) is 4. The Morgan fingerprint density at radius 3 is 2.82 bits per heavy atom. The number of aromatic nitrogens is 4. The lowest BCUT2D eigenvalue weighted by atomic mass is 10.3. The number of rotatable bonds is 5. The van der Waals surface area contributed by atoms with Crippen LogP contribution in [0.25, 0.3) is 0 Å². The van der Waals surface area contributed by atoms with Crippen LogP contribution >= 0.6 is 0 Å². The molecule has 2 aromatic heterocycles. The van der Waals surface area contributed by atoms with Crippen molar-refractivity contribution in [3.05, 3.63) is 35.7 Å². The lowest BCUT2D eigenvalue weighted by Gasteiger charge is -2.08. The fourth-order valence-corrected chi connectivity index (χ4v) is 2.11. The van der Waals surface area contributed by atoms with Crippen LogP contribution in [0.15, 0.2) is 18.5 Å². The Morgan fingerprint density at radius 2 is 2.12 bits per heavy atom. The lowest BCUT2D eigenvalue weighted by molar-refractivity contribution is 0.587. The van der Waals surface area contributed by atoms with E-state index < -0.39 is 0 Å². The molecule has 4 nitrogen and oxygen atoms in total. The van der Waals surface area contributed by atoms with Gasteiger partial charge in [0.25, 0.3) is 0 Å². The second-order valence-electron chi connectivity index (χ2n) is 4.31. The number of hydrogen-bond acceptors (Lipinski definition) is 2. The average Bonchev–Trinajstić information content (AvgIpc) is 2.87. The quantitative estimate of drug-likeness (QED) is 0.793. The maximum absolute atomic E-state index is 4.47. The zero-order chi connectivity index (χ0) is 12.3. The van der Waals surface area contributed by atoms with Crippen LogP contribution in [0.1, 0.15) is 37.5 Å². The van der Waals surface area contributed by atoms with E-state index in [2.05, 4.69) is 39.2 Å². The monoisotopic (exact) mass is 232 g/mol. The molecule has 0 bridgehead atoms. The first kappa shape index (κ1) is 11.9. The first-order chi connectivity index (χ1) is 8.24. The van der Waals surface area contributed by atoms with Crippen molar-refractivity contribution in [3.8, 4) is 0 Å². The molecule has 17 heavy (non-hydrogen) atoms. The molecule has 0 aliphatic rings. The predicted octanol–water partition coefficient (Wildman–Crippen LogP) is 2.41. The standard InChI is InChI=1S/C13H20N4/c1-4-6-13-14-7-8-16(13)10-12-9-11(3)15-17(12)5-2/h7-9H,4-6,10H2,1-3H3. The molecule has 0 spiro atoms. The van der Waals surface area contributed by atoms with Gasteiger partial charge in [-0.05, 0) is 26.3 Å². The van der Waals surface area contributed by atoms with Crippen molar-refractivity contribution in [2.75, 3.05) is 0 Å². The maximum Gasteiger partial charge on any atom is 0.108 e. The van der Waals surface area contributed by atoms with Gasteiger partial charge in [0.05, 0.1) is 17.9 Å². The SMILES string of the molecule is CCCc1nccn1Cc1cc(C)nn1CC. The summed E-state index contributed by atoms with van der Waals surface area (Å²) in [4.78, 5) is 4.40. The third-order valence-corrected chi connectivity index (χ3v) is 2.89. The Morgan fingerprint density at radius 1 is 1.29 bits per heavy atom. The van der Waals surface area contributed by atoms with Crippen molar-refractivity contribution in [1.29, 1.82) is 0 Å². The highest BCUT2D eigenvalue weighted by Crippen LogP contribution is 2.09. The van der Waals surface area contributed by atoms with Crippen LogP contribution in [0.4, 0.5) is 0 Å². The average molecular weight is 232 g/mol. The summed E-state index contributed by atoms with van der Waals surface area (Å²) in [6, 6.07) is 2.15. The molecule has 0 amide bonds. The molecule has 92 valence electrons. The molecule has 0 radical (unpaired) electrons. The van der Waals surface area contributed by atoms with Crippen molar-refractivity contribution in [2.45, 2.75) is 46.7 Å². The summed E-state index contributed by atoms with van der Waals surface area (Å²) < 4.78 is 4.27. The van der Waals surface area contributed by atoms with Crippen LogP contribution in [0.3, 0.4) is 0 Å². The van der Waals surface area contributed by atoms with Crippen molar-refractivity contribution in [1.82, 2.24) is 19.3 Å². The lowest BCUT2D eigenvalue weighted by Crippen LogP contribution is -2.09. The first-order valence-corrected chi connectivity index (χ1v) is 6.28. The van der Waals surface area contributed by atoms with Crippen LogP contribution in [0.2, 0.25) is 0 Å². The number of hydrogen-bond donors (Lipinski definition) is 0. The van der Waals surface area contributed by atoms with Gasteiger partial charge >= 0.3 is 0 Å². The molecule has 2 aromatic rings. The smallest absolute Gasteiger partial charge is 0.108 e. The Labute approximate surface area is 102 Å². The van der Waals surface area contributed by atoms with E-state index in [0.717, 1.165) is 37.4 Å². The Kier molecular flexibility index (Phi) is 3.61. The van der Waals surface area contributed by atoms with Gasteiger partial charge in [-0.25, -0.2) is 4.98 Å². The van der Waals surface area contributed by atoms with E-state index in [1.54, 1.807) is 0 Å². The van der Waals surface area contributed by atoms with Crippen LogP contribution < -0.4 is 0 Å². The van der Waals surface area contributed by atoms with E-state index in [1.165, 1.54) is 5.69 Å². The van der Waals surface area contributed by atoms with Gasteiger partial charge < -0.3 is 4.57 Å². The molecule has 0 N–H and O–H groups in total. The summed E-state index contributed by atoms with van der Waals surface area (Å²) in [5.74, 6) is 1.16. The fraction of sp³-hybridized carbons (Fsp3) is 0.538. The van der Waals surface area contributed by atoms with Gasteiger partial charge in [-0.1, -0.05) is 6.92 Å². The van der Waals surface area contributed by atoms with Crippen LogP contribution in [-0.2, 0) is 19.5 Å². The second kappa shape index (κ2) is 5.17. The first-order valence-electron chi connectivity index (χ1n) is 6.28. The van der Waals surface area contributed by atoms with E-state index in [1.807, 2.05) is 19.3 Å². The normalized spacial score (nSPS) is 11.0. The topological polar surface area (TPSA) is 35.6 Å². The third-order valence-electron chi connectivity index (χ3n) is 2.89. The molecule has 4 heteroatoms. The summed E-state index contributed by atoms with van der Waals surface area (Å²) in [6.07, 6.45) is 6.09. The zero-order valence-electron chi connectivity index (χ0n) is 10.8. The molecule has 0 saturated carbocycles. The maximum atomic E-state index is 4.47. The fourth-order valence-electron chi connectivity index (χ4n) is 2.11. The third kappa shape index (κ3) is 2.57. The van der Waals surface area contributed by atoms with E-state index >= 15 is 0 Å². The summed E-state index contributed by atoms with van der Waals surface area (Å²) in [6.45, 7) is 8.12. The van der Waals surface area contributed by atoms with Gasteiger partial charge in [-0.3, -0.25) is 4.68 Å². The van der Waals surface area contributed by atoms with Gasteiger partial charge in [0.2, 0.25) is 0 Å². The zero-order valence-corrected chi connectivity index (χ0v) is 10.8. The Balaban J connectivity index is 2.21. The Hall–Kier alpha value is -1.58. The molecule has 0 saturated heterocycles. The van der Waals surface area contributed by atoms with Gasteiger partial charge in [0.1, 0.15) is 5.82 Å². The van der Waals surface area contributed by atoms with E-state index in [4.69, 9.17) is 0 Å². The van der Waals surface area contributed by atoms with E-state index in [9.17, 15) is 0 Å². The van der Waals surface area contributed by atoms with Gasteiger partial charge in [0, 0.05) is 25.4 Å². The minimum atomic E-state index is 0.865. The largest absolute Gasteiger partial charge is 0.329 e. The molecular weight excluding hydrogens is 212 g/mol. The van der Waals surface area contributed by atoms with Crippen molar-refractivity contribution < 1.29 is 0 Å².